The predicted octanol–water partition coefficient (Wildman–Crippen LogP) is 2.80. The van der Waals surface area contributed by atoms with E-state index in [9.17, 15) is 0 Å². The van der Waals surface area contributed by atoms with Crippen LogP contribution in [0.5, 0.6) is 0 Å². The third-order valence-electron chi connectivity index (χ3n) is 2.81. The van der Waals surface area contributed by atoms with Crippen molar-refractivity contribution in [2.75, 3.05) is 18.5 Å². The highest BCUT2D eigenvalue weighted by atomic mass is 32.1. The van der Waals surface area contributed by atoms with Crippen molar-refractivity contribution in [1.82, 2.24) is 0 Å². The summed E-state index contributed by atoms with van der Waals surface area (Å²) in [7, 11) is 2.08. The summed E-state index contributed by atoms with van der Waals surface area (Å²) >= 11 is 1.75. The van der Waals surface area contributed by atoms with Crippen LogP contribution in [0.2, 0.25) is 0 Å². The highest BCUT2D eigenvalue weighted by molar-refractivity contribution is 7.14. The Morgan fingerprint density at radius 1 is 1.64 bits per heavy atom. The third kappa shape index (κ3) is 1.62. The van der Waals surface area contributed by atoms with E-state index < -0.39 is 0 Å². The number of thiophene rings is 1. The van der Waals surface area contributed by atoms with Crippen LogP contribution in [0.25, 0.3) is 0 Å². The molecular weight excluding hydrogens is 192 g/mol. The highest BCUT2D eigenvalue weighted by Crippen LogP contribution is 2.46. The minimum atomic E-state index is -0.0365. The molecule has 0 spiro atoms. The fourth-order valence-electron chi connectivity index (χ4n) is 1.74. The molecule has 0 saturated heterocycles. The standard InChI is InChI=1S/C11H14N2S/c1-9-3-6-14-10(9)13(2)8-11(7-12)4-5-11/h3,6H,4-5,8H2,1-2H3. The van der Waals surface area contributed by atoms with E-state index in [1.807, 2.05) is 0 Å². The third-order valence-corrected chi connectivity index (χ3v) is 3.94. The van der Waals surface area contributed by atoms with Crippen LogP contribution in [0.4, 0.5) is 5.00 Å². The average molecular weight is 206 g/mol. The van der Waals surface area contributed by atoms with E-state index in [-0.39, 0.29) is 5.41 Å². The largest absolute Gasteiger partial charge is 0.365 e. The normalized spacial score (nSPS) is 17.5. The minimum absolute atomic E-state index is 0.0365. The van der Waals surface area contributed by atoms with Crippen molar-refractivity contribution in [1.29, 1.82) is 5.26 Å². The summed E-state index contributed by atoms with van der Waals surface area (Å²) in [6, 6.07) is 4.56. The second kappa shape index (κ2) is 3.29. The maximum atomic E-state index is 9.00. The zero-order valence-corrected chi connectivity index (χ0v) is 9.40. The first-order valence-electron chi connectivity index (χ1n) is 4.83. The Labute approximate surface area is 88.8 Å². The summed E-state index contributed by atoms with van der Waals surface area (Å²) in [5, 5.41) is 12.4. The summed E-state index contributed by atoms with van der Waals surface area (Å²) in [6.45, 7) is 3.00. The zero-order valence-electron chi connectivity index (χ0n) is 8.58. The second-order valence-electron chi connectivity index (χ2n) is 4.16. The molecule has 2 rings (SSSR count). The van der Waals surface area contributed by atoms with Gasteiger partial charge in [-0.2, -0.15) is 5.26 Å². The van der Waals surface area contributed by atoms with Crippen molar-refractivity contribution in [3.05, 3.63) is 17.0 Å². The van der Waals surface area contributed by atoms with E-state index >= 15 is 0 Å². The number of nitriles is 1. The van der Waals surface area contributed by atoms with E-state index in [0.717, 1.165) is 19.4 Å². The summed E-state index contributed by atoms with van der Waals surface area (Å²) in [4.78, 5) is 2.22. The Balaban J connectivity index is 2.07. The number of anilines is 1. The summed E-state index contributed by atoms with van der Waals surface area (Å²) < 4.78 is 0. The van der Waals surface area contributed by atoms with Gasteiger partial charge in [0.05, 0.1) is 16.5 Å². The van der Waals surface area contributed by atoms with Gasteiger partial charge in [-0.25, -0.2) is 0 Å². The summed E-state index contributed by atoms with van der Waals surface area (Å²) in [5.74, 6) is 0. The molecule has 0 amide bonds. The van der Waals surface area contributed by atoms with Gasteiger partial charge in [-0.3, -0.25) is 0 Å². The SMILES string of the molecule is Cc1ccsc1N(C)CC1(C#N)CC1. The molecule has 1 aromatic rings. The molecule has 2 nitrogen and oxygen atoms in total. The van der Waals surface area contributed by atoms with E-state index in [1.165, 1.54) is 10.6 Å². The van der Waals surface area contributed by atoms with Gasteiger partial charge in [0.25, 0.3) is 0 Å². The predicted molar refractivity (Wildman–Crippen MR) is 59.6 cm³/mol. The van der Waals surface area contributed by atoms with Crippen LogP contribution in [-0.4, -0.2) is 13.6 Å². The van der Waals surface area contributed by atoms with Crippen molar-refractivity contribution in [2.24, 2.45) is 5.41 Å². The van der Waals surface area contributed by atoms with Crippen LogP contribution in [0, 0.1) is 23.7 Å². The van der Waals surface area contributed by atoms with Crippen molar-refractivity contribution >= 4 is 16.3 Å². The van der Waals surface area contributed by atoms with E-state index in [1.54, 1.807) is 11.3 Å². The maximum absolute atomic E-state index is 9.00. The lowest BCUT2D eigenvalue weighted by molar-refractivity contribution is 0.655. The lowest BCUT2D eigenvalue weighted by Gasteiger charge is -2.20. The summed E-state index contributed by atoms with van der Waals surface area (Å²) in [6.07, 6.45) is 2.14. The van der Waals surface area contributed by atoms with Gasteiger partial charge in [-0.05, 0) is 36.8 Å². The van der Waals surface area contributed by atoms with Crippen LogP contribution < -0.4 is 4.90 Å². The van der Waals surface area contributed by atoms with Gasteiger partial charge < -0.3 is 4.90 Å². The van der Waals surface area contributed by atoms with Gasteiger partial charge in [0.1, 0.15) is 0 Å². The average Bonchev–Trinajstić information content (AvgIpc) is 2.80. The number of nitrogens with zero attached hydrogens (tertiary/aromatic N) is 2. The molecule has 0 bridgehead atoms. The Hall–Kier alpha value is -1.01. The number of aryl methyl sites for hydroxylation is 1. The van der Waals surface area contributed by atoms with Gasteiger partial charge in [0.15, 0.2) is 0 Å². The monoisotopic (exact) mass is 206 g/mol. The van der Waals surface area contributed by atoms with Gasteiger partial charge in [0.2, 0.25) is 0 Å². The first-order chi connectivity index (χ1) is 6.67. The molecule has 14 heavy (non-hydrogen) atoms. The first-order valence-corrected chi connectivity index (χ1v) is 5.71. The lowest BCUT2D eigenvalue weighted by Crippen LogP contribution is -2.25. The molecule has 0 atom stereocenters. The van der Waals surface area contributed by atoms with Crippen LogP contribution in [0.1, 0.15) is 18.4 Å². The molecule has 0 radical (unpaired) electrons. The van der Waals surface area contributed by atoms with Gasteiger partial charge >= 0.3 is 0 Å². The molecule has 0 unspecified atom stereocenters. The van der Waals surface area contributed by atoms with Crippen molar-refractivity contribution in [3.63, 3.8) is 0 Å². The van der Waals surface area contributed by atoms with Crippen molar-refractivity contribution in [2.45, 2.75) is 19.8 Å². The molecule has 1 heterocycles. The Morgan fingerprint density at radius 2 is 2.36 bits per heavy atom. The lowest BCUT2D eigenvalue weighted by atomic mass is 10.1. The zero-order chi connectivity index (χ0) is 10.2. The Morgan fingerprint density at radius 3 is 2.79 bits per heavy atom. The molecule has 0 aliphatic heterocycles. The molecule has 1 saturated carbocycles. The molecule has 1 aromatic heterocycles. The van der Waals surface area contributed by atoms with Crippen molar-refractivity contribution < 1.29 is 0 Å². The fraction of sp³-hybridized carbons (Fsp3) is 0.545. The van der Waals surface area contributed by atoms with Crippen LogP contribution >= 0.6 is 11.3 Å². The fourth-order valence-corrected chi connectivity index (χ4v) is 2.64. The molecule has 0 N–H and O–H groups in total. The van der Waals surface area contributed by atoms with Gasteiger partial charge in [-0.15, -0.1) is 11.3 Å². The van der Waals surface area contributed by atoms with Crippen molar-refractivity contribution in [3.8, 4) is 6.07 Å². The smallest absolute Gasteiger partial charge is 0.0936 e. The molecule has 1 aliphatic carbocycles. The highest BCUT2D eigenvalue weighted by Gasteiger charge is 2.44. The van der Waals surface area contributed by atoms with Gasteiger partial charge in [0, 0.05) is 13.6 Å². The quantitative estimate of drug-likeness (QED) is 0.760. The maximum Gasteiger partial charge on any atom is 0.0936 e. The Bertz CT molecular complexity index is 371. The molecular formula is C11H14N2S. The summed E-state index contributed by atoms with van der Waals surface area (Å²) in [5.41, 5.74) is 1.27. The van der Waals surface area contributed by atoms with Gasteiger partial charge in [-0.1, -0.05) is 0 Å². The topological polar surface area (TPSA) is 27.0 Å². The second-order valence-corrected chi connectivity index (χ2v) is 5.05. The molecule has 0 aromatic carbocycles. The van der Waals surface area contributed by atoms with Crippen LogP contribution in [-0.2, 0) is 0 Å². The number of rotatable bonds is 3. The van der Waals surface area contributed by atoms with Crippen LogP contribution in [0.15, 0.2) is 11.4 Å². The number of hydrogen-bond donors (Lipinski definition) is 0. The van der Waals surface area contributed by atoms with Crippen LogP contribution in [0.3, 0.4) is 0 Å². The minimum Gasteiger partial charge on any atom is -0.365 e. The van der Waals surface area contributed by atoms with E-state index in [0.29, 0.717) is 0 Å². The molecule has 3 heteroatoms. The first kappa shape index (κ1) is 9.54. The molecule has 74 valence electrons. The van der Waals surface area contributed by atoms with E-state index in [2.05, 4.69) is 36.4 Å². The molecule has 1 fully saturated rings. The number of hydrogen-bond acceptors (Lipinski definition) is 3. The van der Waals surface area contributed by atoms with E-state index in [4.69, 9.17) is 5.26 Å². The molecule has 1 aliphatic rings. The Kier molecular flexibility index (Phi) is 2.24.